The summed E-state index contributed by atoms with van der Waals surface area (Å²) in [6.07, 6.45) is 5.06. The Hall–Kier alpha value is 0.1000. The van der Waals surface area contributed by atoms with E-state index >= 15 is 0 Å². The minimum Gasteiger partial charge on any atom is -0.328 e. The van der Waals surface area contributed by atoms with Crippen LogP contribution in [0.25, 0.3) is 0 Å². The summed E-state index contributed by atoms with van der Waals surface area (Å²) >= 11 is 5.28. The van der Waals surface area contributed by atoms with Gasteiger partial charge >= 0.3 is 0 Å². The van der Waals surface area contributed by atoms with Crippen molar-refractivity contribution in [2.24, 2.45) is 11.7 Å². The second kappa shape index (κ2) is 6.15. The van der Waals surface area contributed by atoms with Gasteiger partial charge in [-0.3, -0.25) is 0 Å². The molecule has 90 valence electrons. The Labute approximate surface area is 110 Å². The number of nitrogens with two attached hydrogens (primary N) is 1. The largest absolute Gasteiger partial charge is 0.328 e. The smallest absolute Gasteiger partial charge is 0.0300 e. The molecule has 0 spiro atoms. The predicted molar refractivity (Wildman–Crippen MR) is 73.7 cm³/mol. The average Bonchev–Trinajstić information content (AvgIpc) is 2.64. The minimum atomic E-state index is 0.441. The van der Waals surface area contributed by atoms with Gasteiger partial charge in [0.15, 0.2) is 0 Å². The standard InChI is InChI=1S/C12H19BrN2S/c13-10-5-12(16-8-10)7-15-6-9-2-1-3-11(14)4-9/h5,8-9,11,15H,1-4,6-7,14H2. The first-order valence-electron chi connectivity index (χ1n) is 5.93. The average molecular weight is 303 g/mol. The summed E-state index contributed by atoms with van der Waals surface area (Å²) in [5.41, 5.74) is 5.98. The first-order chi connectivity index (χ1) is 7.74. The molecule has 4 heteroatoms. The van der Waals surface area contributed by atoms with Crippen molar-refractivity contribution in [3.8, 4) is 0 Å². The molecular formula is C12H19BrN2S. The third kappa shape index (κ3) is 3.84. The molecule has 0 saturated heterocycles. The lowest BCUT2D eigenvalue weighted by molar-refractivity contribution is 0.310. The molecule has 1 aromatic rings. The van der Waals surface area contributed by atoms with Crippen molar-refractivity contribution in [3.05, 3.63) is 20.8 Å². The number of hydrogen-bond acceptors (Lipinski definition) is 3. The monoisotopic (exact) mass is 302 g/mol. The van der Waals surface area contributed by atoms with Crippen molar-refractivity contribution in [2.75, 3.05) is 6.54 Å². The lowest BCUT2D eigenvalue weighted by Crippen LogP contribution is -2.33. The molecule has 2 atom stereocenters. The van der Waals surface area contributed by atoms with Crippen LogP contribution in [0.3, 0.4) is 0 Å². The number of hydrogen-bond donors (Lipinski definition) is 2. The van der Waals surface area contributed by atoms with E-state index in [1.54, 1.807) is 11.3 Å². The van der Waals surface area contributed by atoms with Gasteiger partial charge in [0.2, 0.25) is 0 Å². The molecule has 3 N–H and O–H groups in total. The zero-order valence-electron chi connectivity index (χ0n) is 9.42. The van der Waals surface area contributed by atoms with Crippen molar-refractivity contribution >= 4 is 27.3 Å². The van der Waals surface area contributed by atoms with Crippen LogP contribution in [0.4, 0.5) is 0 Å². The Morgan fingerprint density at radius 3 is 3.06 bits per heavy atom. The van der Waals surface area contributed by atoms with Crippen molar-refractivity contribution in [1.82, 2.24) is 5.32 Å². The molecule has 2 rings (SSSR count). The third-order valence-corrected chi connectivity index (χ3v) is 4.87. The SMILES string of the molecule is NC1CCCC(CNCc2cc(Br)cs2)C1. The summed E-state index contributed by atoms with van der Waals surface area (Å²) in [5, 5.41) is 5.67. The van der Waals surface area contributed by atoms with Crippen LogP contribution in [0.15, 0.2) is 15.9 Å². The second-order valence-electron chi connectivity index (χ2n) is 4.65. The summed E-state index contributed by atoms with van der Waals surface area (Å²) in [5.74, 6) is 0.784. The highest BCUT2D eigenvalue weighted by molar-refractivity contribution is 9.10. The van der Waals surface area contributed by atoms with Gasteiger partial charge in [-0.1, -0.05) is 6.42 Å². The molecule has 0 amide bonds. The van der Waals surface area contributed by atoms with E-state index in [2.05, 4.69) is 32.7 Å². The molecule has 2 unspecified atom stereocenters. The van der Waals surface area contributed by atoms with E-state index in [-0.39, 0.29) is 0 Å². The van der Waals surface area contributed by atoms with E-state index < -0.39 is 0 Å². The highest BCUT2D eigenvalue weighted by Crippen LogP contribution is 2.23. The maximum Gasteiger partial charge on any atom is 0.0300 e. The van der Waals surface area contributed by atoms with Gasteiger partial charge in [-0.15, -0.1) is 11.3 Å². The van der Waals surface area contributed by atoms with Crippen LogP contribution in [0.2, 0.25) is 0 Å². The van der Waals surface area contributed by atoms with Gasteiger partial charge in [-0.05, 0) is 53.7 Å². The Morgan fingerprint density at radius 2 is 2.38 bits per heavy atom. The van der Waals surface area contributed by atoms with E-state index in [0.717, 1.165) is 19.0 Å². The van der Waals surface area contributed by atoms with Gasteiger partial charge in [0.05, 0.1) is 0 Å². The van der Waals surface area contributed by atoms with Crippen LogP contribution in [0.5, 0.6) is 0 Å². The zero-order valence-corrected chi connectivity index (χ0v) is 11.8. The first kappa shape index (κ1) is 12.6. The molecule has 1 aromatic heterocycles. The number of nitrogens with one attached hydrogen (secondary N) is 1. The molecule has 0 radical (unpaired) electrons. The molecular weight excluding hydrogens is 284 g/mol. The van der Waals surface area contributed by atoms with E-state index in [1.807, 2.05) is 0 Å². The fourth-order valence-corrected chi connectivity index (χ4v) is 3.78. The lowest BCUT2D eigenvalue weighted by atomic mass is 9.86. The Kier molecular flexibility index (Phi) is 4.82. The molecule has 16 heavy (non-hydrogen) atoms. The highest BCUT2D eigenvalue weighted by Gasteiger charge is 2.18. The Bertz CT molecular complexity index is 327. The maximum absolute atomic E-state index is 5.98. The van der Waals surface area contributed by atoms with Gasteiger partial charge in [-0.2, -0.15) is 0 Å². The van der Waals surface area contributed by atoms with Gasteiger partial charge in [0.1, 0.15) is 0 Å². The maximum atomic E-state index is 5.98. The zero-order chi connectivity index (χ0) is 11.4. The summed E-state index contributed by atoms with van der Waals surface area (Å²) in [6, 6.07) is 2.63. The van der Waals surface area contributed by atoms with Crippen molar-refractivity contribution in [2.45, 2.75) is 38.3 Å². The van der Waals surface area contributed by atoms with Crippen LogP contribution in [-0.2, 0) is 6.54 Å². The van der Waals surface area contributed by atoms with Crippen LogP contribution < -0.4 is 11.1 Å². The third-order valence-electron chi connectivity index (χ3n) is 3.18. The fraction of sp³-hybridized carbons (Fsp3) is 0.667. The molecule has 1 saturated carbocycles. The van der Waals surface area contributed by atoms with Crippen molar-refractivity contribution < 1.29 is 0 Å². The van der Waals surface area contributed by atoms with E-state index in [0.29, 0.717) is 6.04 Å². The Morgan fingerprint density at radius 1 is 1.50 bits per heavy atom. The number of halogens is 1. The van der Waals surface area contributed by atoms with E-state index in [1.165, 1.54) is 35.0 Å². The topological polar surface area (TPSA) is 38.0 Å². The van der Waals surface area contributed by atoms with Crippen molar-refractivity contribution in [3.63, 3.8) is 0 Å². The summed E-state index contributed by atoms with van der Waals surface area (Å²) in [7, 11) is 0. The van der Waals surface area contributed by atoms with Gasteiger partial charge in [0, 0.05) is 27.3 Å². The molecule has 2 nitrogen and oxygen atoms in total. The minimum absolute atomic E-state index is 0.441. The van der Waals surface area contributed by atoms with Crippen LogP contribution >= 0.6 is 27.3 Å². The Balaban J connectivity index is 1.67. The fourth-order valence-electron chi connectivity index (χ4n) is 2.36. The molecule has 1 heterocycles. The first-order valence-corrected chi connectivity index (χ1v) is 7.60. The summed E-state index contributed by atoms with van der Waals surface area (Å²) < 4.78 is 1.19. The van der Waals surface area contributed by atoms with Gasteiger partial charge < -0.3 is 11.1 Å². The summed E-state index contributed by atoms with van der Waals surface area (Å²) in [6.45, 7) is 2.10. The van der Waals surface area contributed by atoms with E-state index in [9.17, 15) is 0 Å². The normalized spacial score (nSPS) is 25.9. The molecule has 1 fully saturated rings. The van der Waals surface area contributed by atoms with Crippen LogP contribution in [0, 0.1) is 5.92 Å². The molecule has 1 aliphatic rings. The lowest BCUT2D eigenvalue weighted by Gasteiger charge is -2.26. The number of rotatable bonds is 4. The van der Waals surface area contributed by atoms with Gasteiger partial charge in [-0.25, -0.2) is 0 Å². The van der Waals surface area contributed by atoms with Crippen molar-refractivity contribution in [1.29, 1.82) is 0 Å². The predicted octanol–water partition coefficient (Wildman–Crippen LogP) is 3.12. The molecule has 0 aromatic carbocycles. The molecule has 1 aliphatic carbocycles. The van der Waals surface area contributed by atoms with Crippen LogP contribution in [0.1, 0.15) is 30.6 Å². The number of thiophene rings is 1. The van der Waals surface area contributed by atoms with Crippen LogP contribution in [-0.4, -0.2) is 12.6 Å². The summed E-state index contributed by atoms with van der Waals surface area (Å²) in [4.78, 5) is 1.40. The quantitative estimate of drug-likeness (QED) is 0.897. The molecule has 0 aliphatic heterocycles. The highest BCUT2D eigenvalue weighted by atomic mass is 79.9. The van der Waals surface area contributed by atoms with Gasteiger partial charge in [0.25, 0.3) is 0 Å². The molecule has 0 bridgehead atoms. The second-order valence-corrected chi connectivity index (χ2v) is 6.57. The van der Waals surface area contributed by atoms with E-state index in [4.69, 9.17) is 5.73 Å².